The Bertz CT molecular complexity index is 344. The third kappa shape index (κ3) is 1.95. The summed E-state index contributed by atoms with van der Waals surface area (Å²) in [5, 5.41) is 0. The van der Waals surface area contributed by atoms with Crippen molar-refractivity contribution in [3.8, 4) is 0 Å². The first-order valence-electron chi connectivity index (χ1n) is 5.34. The van der Waals surface area contributed by atoms with Gasteiger partial charge in [0.2, 0.25) is 0 Å². The molecule has 0 fully saturated rings. The molecule has 0 aromatic heterocycles. The van der Waals surface area contributed by atoms with E-state index < -0.39 is 0 Å². The average molecular weight is 184 g/mol. The summed E-state index contributed by atoms with van der Waals surface area (Å²) < 4.78 is 0. The maximum absolute atomic E-state index is 2.35. The van der Waals surface area contributed by atoms with Gasteiger partial charge < -0.3 is 0 Å². The summed E-state index contributed by atoms with van der Waals surface area (Å²) >= 11 is 0. The molecular weight excluding hydrogens is 168 g/mol. The van der Waals surface area contributed by atoms with E-state index in [2.05, 4.69) is 55.5 Å². The molecule has 0 nitrogen and oxygen atoms in total. The molecule has 0 aliphatic heterocycles. The zero-order valence-corrected chi connectivity index (χ0v) is 8.61. The molecule has 1 aliphatic rings. The number of hydrogen-bond acceptors (Lipinski definition) is 0. The van der Waals surface area contributed by atoms with Gasteiger partial charge in [0, 0.05) is 0 Å². The van der Waals surface area contributed by atoms with Crippen LogP contribution >= 0.6 is 0 Å². The Morgan fingerprint density at radius 1 is 1.21 bits per heavy atom. The van der Waals surface area contributed by atoms with Crippen molar-refractivity contribution in [2.75, 3.05) is 0 Å². The fraction of sp³-hybridized carbons (Fsp3) is 0.286. The van der Waals surface area contributed by atoms with Gasteiger partial charge >= 0.3 is 0 Å². The molecule has 1 aromatic carbocycles. The van der Waals surface area contributed by atoms with Crippen LogP contribution in [0.5, 0.6) is 0 Å². The Morgan fingerprint density at radius 3 is 2.57 bits per heavy atom. The standard InChI is InChI=1S/C14H16/c1-2-12-8-10-14(11-9-12)13-6-4-3-5-7-13/h3-8,10-12H,2,9H2,1H3/t12-/m0/s1. The molecule has 1 atom stereocenters. The van der Waals surface area contributed by atoms with Crippen LogP contribution in [0.15, 0.2) is 48.6 Å². The van der Waals surface area contributed by atoms with E-state index in [1.54, 1.807) is 0 Å². The van der Waals surface area contributed by atoms with Crippen molar-refractivity contribution in [3.05, 3.63) is 54.1 Å². The lowest BCUT2D eigenvalue weighted by Gasteiger charge is -2.14. The first kappa shape index (κ1) is 9.26. The summed E-state index contributed by atoms with van der Waals surface area (Å²) in [5.41, 5.74) is 2.70. The van der Waals surface area contributed by atoms with Crippen molar-refractivity contribution >= 4 is 5.57 Å². The second kappa shape index (κ2) is 4.28. The summed E-state index contributed by atoms with van der Waals surface area (Å²) in [6.07, 6.45) is 9.38. The van der Waals surface area contributed by atoms with E-state index in [0.717, 1.165) is 5.92 Å². The van der Waals surface area contributed by atoms with Crippen LogP contribution in [-0.4, -0.2) is 0 Å². The van der Waals surface area contributed by atoms with E-state index in [4.69, 9.17) is 0 Å². The highest BCUT2D eigenvalue weighted by Gasteiger charge is 2.06. The van der Waals surface area contributed by atoms with E-state index in [9.17, 15) is 0 Å². The van der Waals surface area contributed by atoms with E-state index in [1.165, 1.54) is 24.0 Å². The summed E-state index contributed by atoms with van der Waals surface area (Å²) in [5.74, 6) is 0.752. The minimum atomic E-state index is 0.752. The second-order valence-electron chi connectivity index (χ2n) is 3.79. The highest BCUT2D eigenvalue weighted by molar-refractivity contribution is 5.74. The van der Waals surface area contributed by atoms with Crippen LogP contribution < -0.4 is 0 Å². The number of hydrogen-bond donors (Lipinski definition) is 0. The molecule has 2 rings (SSSR count). The molecule has 0 unspecified atom stereocenters. The van der Waals surface area contributed by atoms with Crippen LogP contribution in [0, 0.1) is 5.92 Å². The van der Waals surface area contributed by atoms with Crippen molar-refractivity contribution in [2.24, 2.45) is 5.92 Å². The highest BCUT2D eigenvalue weighted by Crippen LogP contribution is 2.25. The summed E-state index contributed by atoms with van der Waals surface area (Å²) in [6, 6.07) is 10.6. The Hall–Kier alpha value is -1.30. The molecule has 1 aliphatic carbocycles. The van der Waals surface area contributed by atoms with Crippen LogP contribution in [0.3, 0.4) is 0 Å². The van der Waals surface area contributed by atoms with Gasteiger partial charge in [-0.2, -0.15) is 0 Å². The van der Waals surface area contributed by atoms with Crippen LogP contribution in [0.25, 0.3) is 5.57 Å². The van der Waals surface area contributed by atoms with Crippen molar-refractivity contribution in [2.45, 2.75) is 19.8 Å². The Balaban J connectivity index is 2.16. The normalized spacial score (nSPS) is 20.6. The van der Waals surface area contributed by atoms with Gasteiger partial charge in [-0.1, -0.05) is 55.5 Å². The fourth-order valence-corrected chi connectivity index (χ4v) is 1.81. The van der Waals surface area contributed by atoms with Crippen LogP contribution in [0.4, 0.5) is 0 Å². The molecule has 0 saturated carbocycles. The Labute approximate surface area is 86.0 Å². The topological polar surface area (TPSA) is 0 Å². The molecule has 0 amide bonds. The minimum Gasteiger partial charge on any atom is -0.0805 e. The zero-order chi connectivity index (χ0) is 9.80. The zero-order valence-electron chi connectivity index (χ0n) is 8.61. The molecular formula is C14H16. The van der Waals surface area contributed by atoms with E-state index >= 15 is 0 Å². The van der Waals surface area contributed by atoms with Gasteiger partial charge in [-0.05, 0) is 29.9 Å². The number of benzene rings is 1. The van der Waals surface area contributed by atoms with E-state index in [1.807, 2.05) is 0 Å². The fourth-order valence-electron chi connectivity index (χ4n) is 1.81. The van der Waals surface area contributed by atoms with Gasteiger partial charge in [0.15, 0.2) is 0 Å². The quantitative estimate of drug-likeness (QED) is 0.650. The predicted octanol–water partition coefficient (Wildman–Crippen LogP) is 4.06. The molecule has 0 N–H and O–H groups in total. The Morgan fingerprint density at radius 2 is 2.00 bits per heavy atom. The Kier molecular flexibility index (Phi) is 2.83. The number of rotatable bonds is 2. The lowest BCUT2D eigenvalue weighted by atomic mass is 9.92. The maximum atomic E-state index is 2.35. The molecule has 0 heteroatoms. The molecule has 0 saturated heterocycles. The van der Waals surface area contributed by atoms with Crippen LogP contribution in [-0.2, 0) is 0 Å². The SMILES string of the molecule is CC[C@H]1C=CC(c2ccccc2)=CC1. The first-order valence-corrected chi connectivity index (χ1v) is 5.34. The van der Waals surface area contributed by atoms with Gasteiger partial charge in [-0.15, -0.1) is 0 Å². The van der Waals surface area contributed by atoms with E-state index in [-0.39, 0.29) is 0 Å². The van der Waals surface area contributed by atoms with E-state index in [0.29, 0.717) is 0 Å². The molecule has 14 heavy (non-hydrogen) atoms. The third-order valence-electron chi connectivity index (χ3n) is 2.82. The molecule has 72 valence electrons. The smallest absolute Gasteiger partial charge is 0.0187 e. The molecule has 0 heterocycles. The average Bonchev–Trinajstić information content (AvgIpc) is 2.30. The second-order valence-corrected chi connectivity index (χ2v) is 3.79. The van der Waals surface area contributed by atoms with Gasteiger partial charge in [-0.25, -0.2) is 0 Å². The minimum absolute atomic E-state index is 0.752. The van der Waals surface area contributed by atoms with Crippen molar-refractivity contribution in [1.29, 1.82) is 0 Å². The van der Waals surface area contributed by atoms with Gasteiger partial charge in [0.05, 0.1) is 0 Å². The van der Waals surface area contributed by atoms with Crippen molar-refractivity contribution in [1.82, 2.24) is 0 Å². The molecule has 1 aromatic rings. The molecule has 0 radical (unpaired) electrons. The van der Waals surface area contributed by atoms with Crippen LogP contribution in [0.2, 0.25) is 0 Å². The van der Waals surface area contributed by atoms with Gasteiger partial charge in [-0.3, -0.25) is 0 Å². The summed E-state index contributed by atoms with van der Waals surface area (Å²) in [4.78, 5) is 0. The summed E-state index contributed by atoms with van der Waals surface area (Å²) in [6.45, 7) is 2.25. The molecule has 0 spiro atoms. The van der Waals surface area contributed by atoms with Crippen molar-refractivity contribution < 1.29 is 0 Å². The lowest BCUT2D eigenvalue weighted by Crippen LogP contribution is -1.97. The predicted molar refractivity (Wildman–Crippen MR) is 62.0 cm³/mol. The maximum Gasteiger partial charge on any atom is -0.0187 e. The first-order chi connectivity index (χ1) is 6.90. The van der Waals surface area contributed by atoms with Crippen LogP contribution in [0.1, 0.15) is 25.3 Å². The monoisotopic (exact) mass is 184 g/mol. The lowest BCUT2D eigenvalue weighted by molar-refractivity contribution is 0.634. The number of allylic oxidation sites excluding steroid dienone is 4. The van der Waals surface area contributed by atoms with Crippen molar-refractivity contribution in [3.63, 3.8) is 0 Å². The third-order valence-corrected chi connectivity index (χ3v) is 2.82. The van der Waals surface area contributed by atoms with Gasteiger partial charge in [0.25, 0.3) is 0 Å². The van der Waals surface area contributed by atoms with Gasteiger partial charge in [0.1, 0.15) is 0 Å². The summed E-state index contributed by atoms with van der Waals surface area (Å²) in [7, 11) is 0. The molecule has 0 bridgehead atoms. The largest absolute Gasteiger partial charge is 0.0805 e. The highest BCUT2D eigenvalue weighted by atomic mass is 14.1.